The minimum absolute atomic E-state index is 0.0486. The van der Waals surface area contributed by atoms with Crippen molar-refractivity contribution in [3.05, 3.63) is 35.9 Å². The number of nitrogens with zero attached hydrogens (tertiary/aromatic N) is 1. The van der Waals surface area contributed by atoms with Crippen molar-refractivity contribution in [2.24, 2.45) is 11.8 Å². The van der Waals surface area contributed by atoms with E-state index in [1.165, 1.54) is 0 Å². The molecule has 0 radical (unpaired) electrons. The summed E-state index contributed by atoms with van der Waals surface area (Å²) in [6, 6.07) is 8.59. The SMILES string of the molecule is COC[C@]1(COP(=O)(N[C@H](C(=O)OCc2ccccc2)C(C)C)OC(C)C)C(=O)[C@H]2CCN1[C@H](C)C2. The number of nitrogens with one attached hydrogen (secondary N) is 1. The van der Waals surface area contributed by atoms with Gasteiger partial charge in [-0.15, -0.1) is 0 Å². The summed E-state index contributed by atoms with van der Waals surface area (Å²) >= 11 is 0. The highest BCUT2D eigenvalue weighted by Gasteiger charge is 2.56. The van der Waals surface area contributed by atoms with E-state index in [0.717, 1.165) is 24.9 Å². The van der Waals surface area contributed by atoms with Crippen LogP contribution in [0.4, 0.5) is 0 Å². The molecule has 0 aromatic heterocycles. The largest absolute Gasteiger partial charge is 0.460 e. The van der Waals surface area contributed by atoms with Crippen molar-refractivity contribution in [2.75, 3.05) is 26.9 Å². The molecule has 2 unspecified atom stereocenters. The Hall–Kier alpha value is -1.61. The highest BCUT2D eigenvalue weighted by atomic mass is 31.2. The van der Waals surface area contributed by atoms with Gasteiger partial charge in [-0.3, -0.25) is 23.5 Å². The molecule has 9 nitrogen and oxygen atoms in total. The van der Waals surface area contributed by atoms with Crippen LogP contribution in [0, 0.1) is 11.8 Å². The number of ketones is 1. The van der Waals surface area contributed by atoms with Gasteiger partial charge < -0.3 is 9.47 Å². The Morgan fingerprint density at radius 1 is 1.19 bits per heavy atom. The summed E-state index contributed by atoms with van der Waals surface area (Å²) in [6.07, 6.45) is 1.15. The molecule has 1 N–H and O–H groups in total. The summed E-state index contributed by atoms with van der Waals surface area (Å²) in [5, 5.41) is 2.83. The number of methoxy groups -OCH3 is 1. The summed E-state index contributed by atoms with van der Waals surface area (Å²) in [4.78, 5) is 28.5. The van der Waals surface area contributed by atoms with Gasteiger partial charge >= 0.3 is 13.7 Å². The molecule has 6 atom stereocenters. The number of hydrogen-bond donors (Lipinski definition) is 1. The second-order valence-corrected chi connectivity index (χ2v) is 12.2. The number of Topliss-reactive ketones (excluding diaryl/α,β-unsaturated/α-hetero) is 1. The third kappa shape index (κ3) is 6.63. The van der Waals surface area contributed by atoms with Crippen LogP contribution in [0.25, 0.3) is 0 Å². The quantitative estimate of drug-likeness (QED) is 0.303. The molecule has 0 aliphatic carbocycles. The van der Waals surface area contributed by atoms with Crippen LogP contribution in [0.15, 0.2) is 30.3 Å². The van der Waals surface area contributed by atoms with Crippen LogP contribution in [-0.2, 0) is 39.3 Å². The average molecular weight is 525 g/mol. The van der Waals surface area contributed by atoms with Crippen molar-refractivity contribution in [2.45, 2.75) is 77.8 Å². The smallest absolute Gasteiger partial charge is 0.406 e. The van der Waals surface area contributed by atoms with Gasteiger partial charge in [-0.1, -0.05) is 44.2 Å². The first-order valence-electron chi connectivity index (χ1n) is 12.7. The molecular formula is C26H41N2O7P. The van der Waals surface area contributed by atoms with E-state index in [1.807, 2.05) is 44.2 Å². The number of benzene rings is 1. The van der Waals surface area contributed by atoms with Crippen LogP contribution in [0.2, 0.25) is 0 Å². The molecule has 1 aromatic rings. The summed E-state index contributed by atoms with van der Waals surface area (Å²) < 4.78 is 36.6. The number of rotatable bonds is 13. The maximum Gasteiger partial charge on any atom is 0.406 e. The molecule has 3 fully saturated rings. The van der Waals surface area contributed by atoms with Gasteiger partial charge in [0.05, 0.1) is 19.3 Å². The molecule has 0 saturated carbocycles. The van der Waals surface area contributed by atoms with Crippen LogP contribution in [-0.4, -0.2) is 67.2 Å². The molecule has 0 spiro atoms. The van der Waals surface area contributed by atoms with Crippen molar-refractivity contribution >= 4 is 19.5 Å². The Bertz CT molecular complexity index is 941. The van der Waals surface area contributed by atoms with Gasteiger partial charge in [0.15, 0.2) is 5.78 Å². The fourth-order valence-electron chi connectivity index (χ4n) is 5.19. The van der Waals surface area contributed by atoms with E-state index in [9.17, 15) is 14.2 Å². The van der Waals surface area contributed by atoms with Crippen LogP contribution in [0.5, 0.6) is 0 Å². The topological polar surface area (TPSA) is 103 Å². The molecule has 3 aliphatic rings. The van der Waals surface area contributed by atoms with Crippen LogP contribution < -0.4 is 5.09 Å². The molecule has 10 heteroatoms. The number of carbonyl (C=O) groups excluding carboxylic acids is 2. The van der Waals surface area contributed by atoms with E-state index < -0.39 is 31.4 Å². The predicted octanol–water partition coefficient (Wildman–Crippen LogP) is 3.96. The molecule has 36 heavy (non-hydrogen) atoms. The maximum atomic E-state index is 14.0. The third-order valence-corrected chi connectivity index (χ3v) is 8.67. The van der Waals surface area contributed by atoms with E-state index >= 15 is 0 Å². The van der Waals surface area contributed by atoms with Crippen LogP contribution in [0.3, 0.4) is 0 Å². The standard InChI is InChI=1S/C26H41N2O7P/c1-18(2)23(25(30)33-15-21-10-8-7-9-11-21)27-36(31,35-19(3)4)34-17-26(16-32-6)24(29)22-12-13-28(26)20(5)14-22/h7-11,18-20,22-23H,12-17H2,1-6H3,(H,27,31)/t20-,22+,23+,26+,36?/m1/s1. The molecule has 1 aromatic carbocycles. The van der Waals surface area contributed by atoms with Gasteiger partial charge in [0.1, 0.15) is 18.2 Å². The average Bonchev–Trinajstić information content (AvgIpc) is 2.83. The Morgan fingerprint density at radius 2 is 1.89 bits per heavy atom. The molecule has 2 bridgehead atoms. The minimum Gasteiger partial charge on any atom is -0.460 e. The fourth-order valence-corrected chi connectivity index (χ4v) is 7.07. The predicted molar refractivity (Wildman–Crippen MR) is 136 cm³/mol. The third-order valence-electron chi connectivity index (χ3n) is 6.90. The van der Waals surface area contributed by atoms with E-state index in [2.05, 4.69) is 16.9 Å². The summed E-state index contributed by atoms with van der Waals surface area (Å²) in [7, 11) is -2.48. The van der Waals surface area contributed by atoms with Gasteiger partial charge in [0.25, 0.3) is 0 Å². The zero-order chi connectivity index (χ0) is 26.5. The normalized spacial score (nSPS) is 28.3. The number of esters is 1. The van der Waals surface area contributed by atoms with Crippen LogP contribution >= 0.6 is 7.75 Å². The highest BCUT2D eigenvalue weighted by Crippen LogP contribution is 2.49. The second kappa shape index (κ2) is 12.3. The van der Waals surface area contributed by atoms with Crippen molar-refractivity contribution in [1.29, 1.82) is 0 Å². The second-order valence-electron chi connectivity index (χ2n) is 10.5. The van der Waals surface area contributed by atoms with Crippen molar-refractivity contribution in [3.8, 4) is 0 Å². The van der Waals surface area contributed by atoms with E-state index in [-0.39, 0.29) is 43.5 Å². The molecule has 0 amide bonds. The van der Waals surface area contributed by atoms with Crippen molar-refractivity contribution < 1.29 is 32.7 Å². The van der Waals surface area contributed by atoms with Gasteiger partial charge in [0, 0.05) is 25.6 Å². The lowest BCUT2D eigenvalue weighted by Gasteiger charge is -2.55. The molecule has 202 valence electrons. The Labute approximate surface area is 214 Å². The lowest BCUT2D eigenvalue weighted by molar-refractivity contribution is -0.164. The zero-order valence-corrected chi connectivity index (χ0v) is 23.2. The first-order valence-corrected chi connectivity index (χ1v) is 14.3. The summed E-state index contributed by atoms with van der Waals surface area (Å²) in [5.74, 6) is -0.835. The molecule has 3 aliphatic heterocycles. The zero-order valence-electron chi connectivity index (χ0n) is 22.3. The maximum absolute atomic E-state index is 14.0. The van der Waals surface area contributed by atoms with Crippen molar-refractivity contribution in [1.82, 2.24) is 9.99 Å². The molecule has 4 rings (SSSR count). The number of hydrogen-bond acceptors (Lipinski definition) is 8. The number of fused-ring (bicyclic) bond motifs is 3. The Kier molecular flexibility index (Phi) is 9.88. The van der Waals surface area contributed by atoms with E-state index in [4.69, 9.17) is 18.5 Å². The fraction of sp³-hybridized carbons (Fsp3) is 0.692. The summed E-state index contributed by atoms with van der Waals surface area (Å²) in [6.45, 7) is 10.0. The van der Waals surface area contributed by atoms with Gasteiger partial charge in [-0.2, -0.15) is 0 Å². The molecular weight excluding hydrogens is 483 g/mol. The lowest BCUT2D eigenvalue weighted by atomic mass is 9.71. The molecule has 3 heterocycles. The highest BCUT2D eigenvalue weighted by molar-refractivity contribution is 7.51. The number of ether oxygens (including phenoxy) is 2. The van der Waals surface area contributed by atoms with Gasteiger partial charge in [0.2, 0.25) is 0 Å². The van der Waals surface area contributed by atoms with E-state index in [0.29, 0.717) is 0 Å². The first-order chi connectivity index (χ1) is 17.0. The van der Waals surface area contributed by atoms with Gasteiger partial charge in [-0.05, 0) is 45.1 Å². The van der Waals surface area contributed by atoms with Crippen LogP contribution in [0.1, 0.15) is 53.0 Å². The monoisotopic (exact) mass is 524 g/mol. The number of carbonyl (C=O) groups is 2. The Morgan fingerprint density at radius 3 is 2.47 bits per heavy atom. The van der Waals surface area contributed by atoms with E-state index in [1.54, 1.807) is 21.0 Å². The Balaban J connectivity index is 1.78. The van der Waals surface area contributed by atoms with Crippen molar-refractivity contribution in [3.63, 3.8) is 0 Å². The lowest BCUT2D eigenvalue weighted by Crippen LogP contribution is -2.71. The van der Waals surface area contributed by atoms with Gasteiger partial charge in [-0.25, -0.2) is 9.65 Å². The number of piperidine rings is 3. The molecule has 3 saturated heterocycles. The summed E-state index contributed by atoms with van der Waals surface area (Å²) in [5.41, 5.74) is -0.199. The first kappa shape index (κ1) is 29.0. The minimum atomic E-state index is -4.02.